The maximum absolute atomic E-state index is 13.2. The number of benzene rings is 2. The van der Waals surface area contributed by atoms with E-state index in [1.807, 2.05) is 31.2 Å². The number of sulfonamides is 1. The fourth-order valence-corrected chi connectivity index (χ4v) is 6.05. The molecule has 2 aromatic carbocycles. The molecule has 1 saturated heterocycles. The zero-order valence-electron chi connectivity index (χ0n) is 19.6. The number of piperidine rings is 1. The number of hydrogen-bond acceptors (Lipinski definition) is 4. The van der Waals surface area contributed by atoms with E-state index >= 15 is 0 Å². The third-order valence-corrected chi connectivity index (χ3v) is 8.71. The average Bonchev–Trinajstić information content (AvgIpc) is 2.96. The lowest BCUT2D eigenvalue weighted by Crippen LogP contribution is -2.40. The number of para-hydroxylation sites is 1. The number of carbonyl (C=O) groups excluding carboxylic acids is 2. The van der Waals surface area contributed by atoms with Gasteiger partial charge in [-0.05, 0) is 74.9 Å². The first-order chi connectivity index (χ1) is 15.5. The van der Waals surface area contributed by atoms with E-state index in [1.54, 1.807) is 32.0 Å². The van der Waals surface area contributed by atoms with Gasteiger partial charge in [-0.2, -0.15) is 4.31 Å². The Kier molecular flexibility index (Phi) is 6.09. The van der Waals surface area contributed by atoms with E-state index in [1.165, 1.54) is 9.21 Å². The molecule has 2 amide bonds. The minimum absolute atomic E-state index is 0.139. The Bertz CT molecular complexity index is 1200. The number of amides is 2. The minimum atomic E-state index is -3.64. The summed E-state index contributed by atoms with van der Waals surface area (Å²) in [5.74, 6) is -0.00776. The van der Waals surface area contributed by atoms with E-state index in [0.717, 1.165) is 18.4 Å². The van der Waals surface area contributed by atoms with E-state index in [0.29, 0.717) is 35.9 Å². The van der Waals surface area contributed by atoms with Crippen molar-refractivity contribution in [3.05, 3.63) is 53.6 Å². The number of nitrogens with one attached hydrogen (secondary N) is 1. The molecule has 0 spiro atoms. The van der Waals surface area contributed by atoms with Crippen LogP contribution in [0.3, 0.4) is 0 Å². The molecule has 0 unspecified atom stereocenters. The Labute approximate surface area is 195 Å². The van der Waals surface area contributed by atoms with Gasteiger partial charge in [0, 0.05) is 24.5 Å². The van der Waals surface area contributed by atoms with Crippen LogP contribution >= 0.6 is 0 Å². The highest BCUT2D eigenvalue weighted by molar-refractivity contribution is 7.89. The fourth-order valence-electron chi connectivity index (χ4n) is 4.55. The third kappa shape index (κ3) is 4.29. The maximum atomic E-state index is 13.2. The molecular formula is C25H31N3O4S. The molecule has 2 heterocycles. The van der Waals surface area contributed by atoms with E-state index < -0.39 is 15.4 Å². The number of aryl methyl sites for hydroxylation is 1. The maximum Gasteiger partial charge on any atom is 0.244 e. The van der Waals surface area contributed by atoms with E-state index in [9.17, 15) is 18.0 Å². The number of carbonyl (C=O) groups is 2. The Morgan fingerprint density at radius 2 is 1.79 bits per heavy atom. The number of hydrogen-bond donors (Lipinski definition) is 1. The topological polar surface area (TPSA) is 86.8 Å². The number of fused-ring (bicyclic) bond motifs is 1. The molecule has 1 fully saturated rings. The van der Waals surface area contributed by atoms with E-state index in [4.69, 9.17) is 0 Å². The summed E-state index contributed by atoms with van der Waals surface area (Å²) < 4.78 is 28.0. The largest absolute Gasteiger partial charge is 0.324 e. The Morgan fingerprint density at radius 3 is 2.45 bits per heavy atom. The SMILES string of the molecule is Cc1ccccc1NC(=O)CN1C(=O)C(C)(C)c2cc(S(=O)(=O)N3CCC(C)CC3)ccc21. The molecule has 0 saturated carbocycles. The Balaban J connectivity index is 1.60. The molecule has 1 N–H and O–H groups in total. The molecule has 0 aromatic heterocycles. The highest BCUT2D eigenvalue weighted by atomic mass is 32.2. The number of anilines is 2. The van der Waals surface area contributed by atoms with Crippen molar-refractivity contribution < 1.29 is 18.0 Å². The normalized spacial score (nSPS) is 18.9. The van der Waals surface area contributed by atoms with Gasteiger partial charge in [-0.15, -0.1) is 0 Å². The summed E-state index contributed by atoms with van der Waals surface area (Å²) in [5, 5.41) is 2.86. The summed E-state index contributed by atoms with van der Waals surface area (Å²) in [7, 11) is -3.64. The summed E-state index contributed by atoms with van der Waals surface area (Å²) in [4.78, 5) is 27.6. The van der Waals surface area contributed by atoms with Crippen molar-refractivity contribution >= 4 is 33.2 Å². The summed E-state index contributed by atoms with van der Waals surface area (Å²) in [6, 6.07) is 12.3. The zero-order chi connectivity index (χ0) is 24.0. The number of nitrogens with zero attached hydrogens (tertiary/aromatic N) is 2. The van der Waals surface area contributed by atoms with Crippen LogP contribution in [0, 0.1) is 12.8 Å². The van der Waals surface area contributed by atoms with Crippen molar-refractivity contribution in [3.8, 4) is 0 Å². The van der Waals surface area contributed by atoms with Crippen molar-refractivity contribution in [2.24, 2.45) is 5.92 Å². The van der Waals surface area contributed by atoms with Crippen LogP contribution < -0.4 is 10.2 Å². The van der Waals surface area contributed by atoms with Gasteiger partial charge in [0.15, 0.2) is 0 Å². The van der Waals surface area contributed by atoms with Gasteiger partial charge in [0.05, 0.1) is 10.3 Å². The van der Waals surface area contributed by atoms with Crippen LogP contribution in [0.4, 0.5) is 11.4 Å². The molecule has 176 valence electrons. The van der Waals surface area contributed by atoms with Crippen molar-refractivity contribution in [3.63, 3.8) is 0 Å². The summed E-state index contributed by atoms with van der Waals surface area (Å²) in [6.45, 7) is 8.46. The molecule has 2 aromatic rings. The first-order valence-electron chi connectivity index (χ1n) is 11.3. The molecule has 0 bridgehead atoms. The predicted octanol–water partition coefficient (Wildman–Crippen LogP) is 3.68. The van der Waals surface area contributed by atoms with E-state index in [2.05, 4.69) is 12.2 Å². The van der Waals surface area contributed by atoms with Gasteiger partial charge in [-0.25, -0.2) is 8.42 Å². The van der Waals surface area contributed by atoms with Crippen LogP contribution in [0.1, 0.15) is 44.7 Å². The molecule has 8 heteroatoms. The van der Waals surface area contributed by atoms with Gasteiger partial charge < -0.3 is 10.2 Å². The first-order valence-corrected chi connectivity index (χ1v) is 12.8. The molecule has 2 aliphatic heterocycles. The van der Waals surface area contributed by atoms with Crippen molar-refractivity contribution in [2.75, 3.05) is 29.9 Å². The quantitative estimate of drug-likeness (QED) is 0.724. The summed E-state index contributed by atoms with van der Waals surface area (Å²) >= 11 is 0. The lowest BCUT2D eigenvalue weighted by atomic mass is 9.86. The van der Waals surface area contributed by atoms with Crippen LogP contribution in [0.25, 0.3) is 0 Å². The molecule has 33 heavy (non-hydrogen) atoms. The van der Waals surface area contributed by atoms with Gasteiger partial charge >= 0.3 is 0 Å². The molecular weight excluding hydrogens is 438 g/mol. The first kappa shape index (κ1) is 23.4. The van der Waals surface area contributed by atoms with Gasteiger partial charge in [-0.1, -0.05) is 25.1 Å². The molecule has 2 aliphatic rings. The standard InChI is InChI=1S/C25H31N3O4S/c1-17-11-13-27(14-12-17)33(31,32)19-9-10-22-20(15-19)25(3,4)24(30)28(22)16-23(29)26-21-8-6-5-7-18(21)2/h5-10,15,17H,11-14,16H2,1-4H3,(H,26,29). The van der Waals surface area contributed by atoms with Gasteiger partial charge in [0.1, 0.15) is 6.54 Å². The molecule has 0 radical (unpaired) electrons. The van der Waals surface area contributed by atoms with Crippen molar-refractivity contribution in [1.82, 2.24) is 4.31 Å². The third-order valence-electron chi connectivity index (χ3n) is 6.81. The number of rotatable bonds is 5. The van der Waals surface area contributed by atoms with E-state index in [-0.39, 0.29) is 23.3 Å². The Morgan fingerprint density at radius 1 is 1.12 bits per heavy atom. The van der Waals surface area contributed by atoms with Gasteiger partial charge in [0.2, 0.25) is 21.8 Å². The average molecular weight is 470 g/mol. The second-order valence-electron chi connectivity index (χ2n) is 9.64. The highest BCUT2D eigenvalue weighted by Gasteiger charge is 2.45. The smallest absolute Gasteiger partial charge is 0.244 e. The van der Waals surface area contributed by atoms with Gasteiger partial charge in [-0.3, -0.25) is 9.59 Å². The molecule has 4 rings (SSSR count). The molecule has 0 aliphatic carbocycles. The van der Waals surface area contributed by atoms with Gasteiger partial charge in [0.25, 0.3) is 0 Å². The van der Waals surface area contributed by atoms with Crippen LogP contribution in [-0.2, 0) is 25.0 Å². The van der Waals surface area contributed by atoms with Crippen LogP contribution in [0.2, 0.25) is 0 Å². The lowest BCUT2D eigenvalue weighted by Gasteiger charge is -2.29. The second-order valence-corrected chi connectivity index (χ2v) is 11.6. The van der Waals surface area contributed by atoms with Crippen LogP contribution in [0.15, 0.2) is 47.4 Å². The lowest BCUT2D eigenvalue weighted by molar-refractivity contribution is -0.124. The summed E-state index contributed by atoms with van der Waals surface area (Å²) in [6.07, 6.45) is 1.69. The highest BCUT2D eigenvalue weighted by Crippen LogP contribution is 2.43. The Hall–Kier alpha value is -2.71. The molecule has 7 nitrogen and oxygen atoms in total. The second kappa shape index (κ2) is 8.57. The molecule has 0 atom stereocenters. The predicted molar refractivity (Wildman–Crippen MR) is 129 cm³/mol. The minimum Gasteiger partial charge on any atom is -0.324 e. The van der Waals surface area contributed by atoms with Crippen LogP contribution in [0.5, 0.6) is 0 Å². The van der Waals surface area contributed by atoms with Crippen LogP contribution in [-0.4, -0.2) is 44.2 Å². The van der Waals surface area contributed by atoms with Crippen molar-refractivity contribution in [2.45, 2.75) is 50.8 Å². The fraction of sp³-hybridized carbons (Fsp3) is 0.440. The summed E-state index contributed by atoms with van der Waals surface area (Å²) in [5.41, 5.74) is 1.91. The monoisotopic (exact) mass is 469 g/mol. The van der Waals surface area contributed by atoms with Crippen molar-refractivity contribution in [1.29, 1.82) is 0 Å². The zero-order valence-corrected chi connectivity index (χ0v) is 20.4.